The van der Waals surface area contributed by atoms with Crippen molar-refractivity contribution in [1.82, 2.24) is 14.7 Å². The van der Waals surface area contributed by atoms with E-state index in [1.807, 2.05) is 41.0 Å². The van der Waals surface area contributed by atoms with E-state index < -0.39 is 0 Å². The van der Waals surface area contributed by atoms with E-state index in [4.69, 9.17) is 4.74 Å². The first-order valence-electron chi connectivity index (χ1n) is 10.9. The Balaban J connectivity index is 1.34. The van der Waals surface area contributed by atoms with E-state index in [0.29, 0.717) is 50.6 Å². The van der Waals surface area contributed by atoms with Crippen molar-refractivity contribution >= 4 is 17.6 Å². The van der Waals surface area contributed by atoms with Gasteiger partial charge in [-0.25, -0.2) is 4.79 Å². The first-order valence-corrected chi connectivity index (χ1v) is 10.9. The van der Waals surface area contributed by atoms with Gasteiger partial charge >= 0.3 is 6.03 Å². The molecule has 0 atom stereocenters. The summed E-state index contributed by atoms with van der Waals surface area (Å²) in [6.45, 7) is 8.18. The lowest BCUT2D eigenvalue weighted by Gasteiger charge is -2.35. The Bertz CT molecular complexity index is 904. The summed E-state index contributed by atoms with van der Waals surface area (Å²) in [7, 11) is 0. The number of morpholine rings is 1. The first-order chi connectivity index (χ1) is 15.1. The van der Waals surface area contributed by atoms with Crippen LogP contribution in [0, 0.1) is 6.92 Å². The Morgan fingerprint density at radius 1 is 0.871 bits per heavy atom. The number of ether oxygens (including phenoxy) is 1. The molecule has 3 amide bonds. The summed E-state index contributed by atoms with van der Waals surface area (Å²) in [5.41, 5.74) is 3.41. The van der Waals surface area contributed by atoms with E-state index in [2.05, 4.69) is 34.5 Å². The van der Waals surface area contributed by atoms with E-state index in [0.717, 1.165) is 25.2 Å². The maximum absolute atomic E-state index is 12.9. The molecule has 2 saturated heterocycles. The fourth-order valence-electron chi connectivity index (χ4n) is 4.08. The van der Waals surface area contributed by atoms with Gasteiger partial charge in [0.15, 0.2) is 0 Å². The van der Waals surface area contributed by atoms with Crippen LogP contribution in [0.25, 0.3) is 0 Å². The molecule has 164 valence electrons. The molecule has 31 heavy (non-hydrogen) atoms. The highest BCUT2D eigenvalue weighted by molar-refractivity contribution is 5.99. The van der Waals surface area contributed by atoms with Gasteiger partial charge in [0.1, 0.15) is 0 Å². The lowest BCUT2D eigenvalue weighted by Crippen LogP contribution is -2.49. The van der Waals surface area contributed by atoms with Crippen LogP contribution in [0.5, 0.6) is 0 Å². The predicted molar refractivity (Wildman–Crippen MR) is 120 cm³/mol. The number of hydrogen-bond donors (Lipinski definition) is 1. The van der Waals surface area contributed by atoms with Gasteiger partial charge in [0.05, 0.1) is 13.2 Å². The molecule has 2 heterocycles. The van der Waals surface area contributed by atoms with Gasteiger partial charge in [-0.1, -0.05) is 36.4 Å². The zero-order chi connectivity index (χ0) is 21.6. The minimum absolute atomic E-state index is 0.00794. The van der Waals surface area contributed by atoms with Crippen molar-refractivity contribution in [2.24, 2.45) is 0 Å². The van der Waals surface area contributed by atoms with Crippen LogP contribution >= 0.6 is 0 Å². The Labute approximate surface area is 183 Å². The number of hydrogen-bond acceptors (Lipinski definition) is 4. The first kappa shape index (κ1) is 21.3. The summed E-state index contributed by atoms with van der Waals surface area (Å²) in [5.74, 6) is -0.00794. The lowest BCUT2D eigenvalue weighted by atomic mass is 10.1. The molecule has 0 aromatic heterocycles. The van der Waals surface area contributed by atoms with Crippen molar-refractivity contribution in [2.75, 3.05) is 57.8 Å². The van der Waals surface area contributed by atoms with E-state index in [1.54, 1.807) is 0 Å². The van der Waals surface area contributed by atoms with Crippen LogP contribution in [0.2, 0.25) is 0 Å². The van der Waals surface area contributed by atoms with Crippen molar-refractivity contribution in [1.29, 1.82) is 0 Å². The normalized spacial score (nSPS) is 17.5. The molecule has 0 radical (unpaired) electrons. The summed E-state index contributed by atoms with van der Waals surface area (Å²) in [6.07, 6.45) is 0. The second kappa shape index (κ2) is 9.94. The molecule has 0 spiro atoms. The van der Waals surface area contributed by atoms with Crippen molar-refractivity contribution in [3.05, 3.63) is 65.2 Å². The maximum atomic E-state index is 12.9. The second-order valence-corrected chi connectivity index (χ2v) is 8.06. The van der Waals surface area contributed by atoms with Crippen LogP contribution in [-0.4, -0.2) is 79.1 Å². The van der Waals surface area contributed by atoms with Crippen LogP contribution in [-0.2, 0) is 11.3 Å². The average molecular weight is 423 g/mol. The number of anilines is 1. The van der Waals surface area contributed by atoms with Gasteiger partial charge < -0.3 is 19.9 Å². The molecule has 0 bridgehead atoms. The Morgan fingerprint density at radius 3 is 2.29 bits per heavy atom. The minimum Gasteiger partial charge on any atom is -0.378 e. The molecule has 7 heteroatoms. The zero-order valence-electron chi connectivity index (χ0n) is 18.0. The third kappa shape index (κ3) is 5.24. The molecule has 7 nitrogen and oxygen atoms in total. The van der Waals surface area contributed by atoms with Crippen molar-refractivity contribution in [2.45, 2.75) is 13.5 Å². The van der Waals surface area contributed by atoms with Crippen LogP contribution in [0.3, 0.4) is 0 Å². The quantitative estimate of drug-likeness (QED) is 0.823. The smallest absolute Gasteiger partial charge is 0.321 e. The number of urea groups is 1. The highest BCUT2D eigenvalue weighted by atomic mass is 16.5. The molecule has 2 aromatic carbocycles. The molecular formula is C24H30N4O3. The second-order valence-electron chi connectivity index (χ2n) is 8.06. The molecule has 0 unspecified atom stereocenters. The summed E-state index contributed by atoms with van der Waals surface area (Å²) < 4.78 is 5.34. The molecule has 2 aliphatic rings. The van der Waals surface area contributed by atoms with Crippen LogP contribution in [0.15, 0.2) is 48.5 Å². The standard InChI is InChI=1S/C24H30N4O3/c1-19-21(23(29)27-14-16-31-17-15-27)8-5-9-22(19)25-24(30)28-12-10-26(11-13-28)18-20-6-3-2-4-7-20/h2-9H,10-18H2,1H3,(H,25,30). The average Bonchev–Trinajstić information content (AvgIpc) is 2.82. The minimum atomic E-state index is -0.113. The predicted octanol–water partition coefficient (Wildman–Crippen LogP) is 2.82. The lowest BCUT2D eigenvalue weighted by molar-refractivity contribution is 0.0302. The number of amides is 3. The molecular weight excluding hydrogens is 392 g/mol. The molecule has 0 saturated carbocycles. The number of nitrogens with one attached hydrogen (secondary N) is 1. The van der Waals surface area contributed by atoms with E-state index in [1.165, 1.54) is 5.56 Å². The molecule has 4 rings (SSSR count). The summed E-state index contributed by atoms with van der Waals surface area (Å²) in [5, 5.41) is 3.02. The summed E-state index contributed by atoms with van der Waals surface area (Å²) >= 11 is 0. The molecule has 0 aliphatic carbocycles. The largest absolute Gasteiger partial charge is 0.378 e. The number of piperazine rings is 1. The zero-order valence-corrected chi connectivity index (χ0v) is 18.0. The van der Waals surface area contributed by atoms with Crippen LogP contribution < -0.4 is 5.32 Å². The number of carbonyl (C=O) groups excluding carboxylic acids is 2. The van der Waals surface area contributed by atoms with E-state index in [9.17, 15) is 9.59 Å². The van der Waals surface area contributed by atoms with Crippen LogP contribution in [0.1, 0.15) is 21.5 Å². The summed E-state index contributed by atoms with van der Waals surface area (Å²) in [6, 6.07) is 15.8. The SMILES string of the molecule is Cc1c(NC(=O)N2CCN(Cc3ccccc3)CC2)cccc1C(=O)N1CCOCC1. The summed E-state index contributed by atoms with van der Waals surface area (Å²) in [4.78, 5) is 31.8. The van der Waals surface area contributed by atoms with Gasteiger partial charge in [0.2, 0.25) is 0 Å². The third-order valence-corrected chi connectivity index (χ3v) is 6.01. The van der Waals surface area contributed by atoms with Gasteiger partial charge in [-0.2, -0.15) is 0 Å². The van der Waals surface area contributed by atoms with E-state index in [-0.39, 0.29) is 11.9 Å². The third-order valence-electron chi connectivity index (χ3n) is 6.01. The number of carbonyl (C=O) groups is 2. The Hall–Kier alpha value is -2.90. The van der Waals surface area contributed by atoms with Crippen molar-refractivity contribution in [3.8, 4) is 0 Å². The highest BCUT2D eigenvalue weighted by Crippen LogP contribution is 2.22. The fourth-order valence-corrected chi connectivity index (χ4v) is 4.08. The maximum Gasteiger partial charge on any atom is 0.321 e. The number of nitrogens with zero attached hydrogens (tertiary/aromatic N) is 3. The highest BCUT2D eigenvalue weighted by Gasteiger charge is 2.24. The number of rotatable bonds is 4. The topological polar surface area (TPSA) is 65.1 Å². The molecule has 1 N–H and O–H groups in total. The Kier molecular flexibility index (Phi) is 6.84. The van der Waals surface area contributed by atoms with Gasteiger partial charge in [-0.05, 0) is 30.2 Å². The Morgan fingerprint density at radius 2 is 1.58 bits per heavy atom. The molecule has 2 fully saturated rings. The van der Waals surface area contributed by atoms with E-state index >= 15 is 0 Å². The van der Waals surface area contributed by atoms with Crippen molar-refractivity contribution < 1.29 is 14.3 Å². The van der Waals surface area contributed by atoms with Gasteiger partial charge in [0, 0.05) is 57.1 Å². The molecule has 2 aliphatic heterocycles. The van der Waals surface area contributed by atoms with Gasteiger partial charge in [0.25, 0.3) is 5.91 Å². The van der Waals surface area contributed by atoms with Crippen molar-refractivity contribution in [3.63, 3.8) is 0 Å². The number of benzene rings is 2. The molecule has 2 aromatic rings. The van der Waals surface area contributed by atoms with Crippen LogP contribution in [0.4, 0.5) is 10.5 Å². The van der Waals surface area contributed by atoms with Gasteiger partial charge in [-0.3, -0.25) is 9.69 Å². The van der Waals surface area contributed by atoms with Gasteiger partial charge in [-0.15, -0.1) is 0 Å². The monoisotopic (exact) mass is 422 g/mol. The fraction of sp³-hybridized carbons (Fsp3) is 0.417.